The summed E-state index contributed by atoms with van der Waals surface area (Å²) in [6, 6.07) is 9.46. The Balaban J connectivity index is 1.96. The fourth-order valence-corrected chi connectivity index (χ4v) is 2.64. The molecule has 144 valence electrons. The molecule has 0 aliphatic heterocycles. The summed E-state index contributed by atoms with van der Waals surface area (Å²) in [6.45, 7) is 1.34. The Morgan fingerprint density at radius 1 is 1.04 bits per heavy atom. The first-order chi connectivity index (χ1) is 12.8. The molecule has 0 saturated heterocycles. The maximum Gasteiger partial charge on any atom is 0.342 e. The van der Waals surface area contributed by atoms with Crippen LogP contribution in [-0.2, 0) is 9.53 Å². The zero-order chi connectivity index (χ0) is 20.0. The number of hydrogen-bond donors (Lipinski definition) is 1. The minimum absolute atomic E-state index is 0.169. The third kappa shape index (κ3) is 5.52. The first kappa shape index (κ1) is 20.9. The van der Waals surface area contributed by atoms with Crippen LogP contribution in [0.5, 0.6) is 11.5 Å². The van der Waals surface area contributed by atoms with E-state index in [1.807, 2.05) is 0 Å². The Hall–Kier alpha value is -2.44. The molecule has 8 heteroatoms. The van der Waals surface area contributed by atoms with Crippen LogP contribution >= 0.6 is 23.2 Å². The molecule has 6 nitrogen and oxygen atoms in total. The van der Waals surface area contributed by atoms with Crippen molar-refractivity contribution in [2.24, 2.45) is 0 Å². The predicted octanol–water partition coefficient (Wildman–Crippen LogP) is 4.04. The highest BCUT2D eigenvalue weighted by molar-refractivity contribution is 6.42. The number of esters is 1. The van der Waals surface area contributed by atoms with Crippen molar-refractivity contribution >= 4 is 35.1 Å². The molecule has 0 fully saturated rings. The monoisotopic (exact) mass is 411 g/mol. The van der Waals surface area contributed by atoms with Gasteiger partial charge in [-0.05, 0) is 42.8 Å². The van der Waals surface area contributed by atoms with Crippen LogP contribution in [0.2, 0.25) is 10.0 Å². The van der Waals surface area contributed by atoms with Gasteiger partial charge in [-0.2, -0.15) is 0 Å². The molecule has 2 aromatic rings. The molecule has 1 N–H and O–H groups in total. The molecule has 0 spiro atoms. The van der Waals surface area contributed by atoms with E-state index in [1.54, 1.807) is 37.3 Å². The number of benzene rings is 2. The molecule has 0 radical (unpaired) electrons. The van der Waals surface area contributed by atoms with Gasteiger partial charge >= 0.3 is 5.97 Å². The van der Waals surface area contributed by atoms with Crippen molar-refractivity contribution in [1.29, 1.82) is 0 Å². The molecule has 0 unspecified atom stereocenters. The third-order valence-corrected chi connectivity index (χ3v) is 4.52. The van der Waals surface area contributed by atoms with Crippen molar-refractivity contribution in [2.75, 3.05) is 20.8 Å². The van der Waals surface area contributed by atoms with Crippen molar-refractivity contribution in [3.05, 3.63) is 57.6 Å². The highest BCUT2D eigenvalue weighted by Crippen LogP contribution is 2.26. The Morgan fingerprint density at radius 3 is 2.41 bits per heavy atom. The van der Waals surface area contributed by atoms with Crippen LogP contribution in [0.1, 0.15) is 28.9 Å². The molecule has 0 aromatic heterocycles. The highest BCUT2D eigenvalue weighted by atomic mass is 35.5. The van der Waals surface area contributed by atoms with Gasteiger partial charge < -0.3 is 19.5 Å². The van der Waals surface area contributed by atoms with Gasteiger partial charge in [0, 0.05) is 0 Å². The van der Waals surface area contributed by atoms with E-state index in [4.69, 9.17) is 37.4 Å². The fraction of sp³-hybridized carbons (Fsp3) is 0.263. The van der Waals surface area contributed by atoms with Crippen molar-refractivity contribution < 1.29 is 23.8 Å². The van der Waals surface area contributed by atoms with Crippen LogP contribution in [0.4, 0.5) is 0 Å². The molecule has 0 aliphatic rings. The number of ether oxygens (including phenoxy) is 3. The molecule has 2 rings (SSSR count). The van der Waals surface area contributed by atoms with Crippen LogP contribution in [0, 0.1) is 0 Å². The Morgan fingerprint density at radius 2 is 1.78 bits per heavy atom. The SMILES string of the molecule is COc1ccc(OC)c(C(=O)OCC(=O)N[C@H](C)c2ccc(Cl)c(Cl)c2)c1. The molecule has 2 aromatic carbocycles. The zero-order valence-electron chi connectivity index (χ0n) is 15.0. The van der Waals surface area contributed by atoms with E-state index in [0.717, 1.165) is 5.56 Å². The van der Waals surface area contributed by atoms with E-state index in [2.05, 4.69) is 5.32 Å². The second kappa shape index (κ2) is 9.48. The molecular formula is C19H19Cl2NO5. The average Bonchev–Trinajstić information content (AvgIpc) is 2.67. The fourth-order valence-electron chi connectivity index (χ4n) is 2.33. The normalized spacial score (nSPS) is 11.4. The molecular weight excluding hydrogens is 393 g/mol. The lowest BCUT2D eigenvalue weighted by molar-refractivity contribution is -0.124. The largest absolute Gasteiger partial charge is 0.497 e. The summed E-state index contributed by atoms with van der Waals surface area (Å²) < 4.78 is 15.3. The van der Waals surface area contributed by atoms with Crippen molar-refractivity contribution in [2.45, 2.75) is 13.0 Å². The number of hydrogen-bond acceptors (Lipinski definition) is 5. The lowest BCUT2D eigenvalue weighted by Gasteiger charge is -2.15. The molecule has 1 atom stereocenters. The van der Waals surface area contributed by atoms with Gasteiger partial charge in [0.15, 0.2) is 6.61 Å². The molecule has 27 heavy (non-hydrogen) atoms. The lowest BCUT2D eigenvalue weighted by Crippen LogP contribution is -2.31. The van der Waals surface area contributed by atoms with Gasteiger partial charge in [-0.25, -0.2) is 4.79 Å². The Labute approximate surface area is 167 Å². The second-order valence-corrected chi connectivity index (χ2v) is 6.42. The summed E-state index contributed by atoms with van der Waals surface area (Å²) in [4.78, 5) is 24.4. The van der Waals surface area contributed by atoms with Crippen LogP contribution in [-0.4, -0.2) is 32.7 Å². The maximum atomic E-state index is 12.3. The summed E-state index contributed by atoms with van der Waals surface area (Å²) in [5.41, 5.74) is 0.945. The van der Waals surface area contributed by atoms with Crippen LogP contribution < -0.4 is 14.8 Å². The third-order valence-electron chi connectivity index (χ3n) is 3.78. The summed E-state index contributed by atoms with van der Waals surface area (Å²) in [5.74, 6) is -0.349. The van der Waals surface area contributed by atoms with Gasteiger partial charge in [0.2, 0.25) is 0 Å². The standard InChI is InChI=1S/C19H19Cl2NO5/c1-11(12-4-6-15(20)16(21)8-12)22-18(23)10-27-19(24)14-9-13(25-2)5-7-17(14)26-3/h4-9,11H,10H2,1-3H3,(H,22,23)/t11-/m1/s1. The summed E-state index contributed by atoms with van der Waals surface area (Å²) >= 11 is 11.9. The van der Waals surface area contributed by atoms with E-state index >= 15 is 0 Å². The van der Waals surface area contributed by atoms with Gasteiger partial charge in [-0.3, -0.25) is 4.79 Å². The molecule has 0 heterocycles. The van der Waals surface area contributed by atoms with E-state index in [-0.39, 0.29) is 11.6 Å². The number of carbonyl (C=O) groups excluding carboxylic acids is 2. The van der Waals surface area contributed by atoms with E-state index in [1.165, 1.54) is 20.3 Å². The van der Waals surface area contributed by atoms with Crippen LogP contribution in [0.15, 0.2) is 36.4 Å². The van der Waals surface area contributed by atoms with E-state index in [0.29, 0.717) is 21.5 Å². The first-order valence-corrected chi connectivity index (χ1v) is 8.74. The predicted molar refractivity (Wildman–Crippen MR) is 103 cm³/mol. The number of carbonyl (C=O) groups is 2. The van der Waals surface area contributed by atoms with Crippen molar-refractivity contribution in [3.63, 3.8) is 0 Å². The van der Waals surface area contributed by atoms with Gasteiger partial charge in [-0.15, -0.1) is 0 Å². The lowest BCUT2D eigenvalue weighted by atomic mass is 10.1. The second-order valence-electron chi connectivity index (χ2n) is 5.61. The maximum absolute atomic E-state index is 12.3. The Kier molecular flexibility index (Phi) is 7.33. The molecule has 0 saturated carbocycles. The van der Waals surface area contributed by atoms with Gasteiger partial charge in [0.1, 0.15) is 17.1 Å². The van der Waals surface area contributed by atoms with E-state index < -0.39 is 18.5 Å². The van der Waals surface area contributed by atoms with Crippen LogP contribution in [0.25, 0.3) is 0 Å². The summed E-state index contributed by atoms with van der Waals surface area (Å²) in [7, 11) is 2.92. The molecule has 0 aliphatic carbocycles. The quantitative estimate of drug-likeness (QED) is 0.695. The van der Waals surface area contributed by atoms with Crippen molar-refractivity contribution in [3.8, 4) is 11.5 Å². The Bertz CT molecular complexity index is 841. The summed E-state index contributed by atoms with van der Waals surface area (Å²) in [6.07, 6.45) is 0. The molecule has 1 amide bonds. The van der Waals surface area contributed by atoms with Gasteiger partial charge in [-0.1, -0.05) is 29.3 Å². The zero-order valence-corrected chi connectivity index (χ0v) is 16.6. The number of methoxy groups -OCH3 is 2. The molecule has 0 bridgehead atoms. The minimum Gasteiger partial charge on any atom is -0.497 e. The first-order valence-electron chi connectivity index (χ1n) is 7.99. The number of halogens is 2. The van der Waals surface area contributed by atoms with Crippen LogP contribution in [0.3, 0.4) is 0 Å². The van der Waals surface area contributed by atoms with Gasteiger partial charge in [0.05, 0.1) is 30.3 Å². The topological polar surface area (TPSA) is 73.9 Å². The van der Waals surface area contributed by atoms with Gasteiger partial charge in [0.25, 0.3) is 5.91 Å². The smallest absolute Gasteiger partial charge is 0.342 e. The van der Waals surface area contributed by atoms with E-state index in [9.17, 15) is 9.59 Å². The highest BCUT2D eigenvalue weighted by Gasteiger charge is 2.18. The minimum atomic E-state index is -0.692. The number of nitrogens with one attached hydrogen (secondary N) is 1. The number of amides is 1. The number of rotatable bonds is 7. The summed E-state index contributed by atoms with van der Waals surface area (Å²) in [5, 5.41) is 3.55. The van der Waals surface area contributed by atoms with Crippen molar-refractivity contribution in [1.82, 2.24) is 5.32 Å². The average molecular weight is 412 g/mol.